The van der Waals surface area contributed by atoms with Crippen LogP contribution in [0.5, 0.6) is 0 Å². The second-order valence-corrected chi connectivity index (χ2v) is 10.0. The third kappa shape index (κ3) is 5.22. The number of nitrogens with zero attached hydrogens (tertiary/aromatic N) is 1. The van der Waals surface area contributed by atoms with Gasteiger partial charge in [0, 0.05) is 11.4 Å². The highest BCUT2D eigenvalue weighted by Gasteiger charge is 2.26. The molecule has 0 aliphatic heterocycles. The molecule has 0 aliphatic carbocycles. The zero-order valence-electron chi connectivity index (χ0n) is 18.6. The summed E-state index contributed by atoms with van der Waals surface area (Å²) in [4.78, 5) is 5.04. The van der Waals surface area contributed by atoms with Gasteiger partial charge in [-0.1, -0.05) is 77.9 Å². The highest BCUT2D eigenvalue weighted by atomic mass is 15.0. The Morgan fingerprint density at radius 1 is 0.704 bits per heavy atom. The van der Waals surface area contributed by atoms with Gasteiger partial charge in [-0.2, -0.15) is 0 Å². The van der Waals surface area contributed by atoms with E-state index in [1.54, 1.807) is 0 Å². The maximum absolute atomic E-state index is 5.04. The molecule has 2 aromatic carbocycles. The number of hydrogen-bond acceptors (Lipinski definition) is 2. The molecule has 2 aromatic rings. The van der Waals surface area contributed by atoms with Gasteiger partial charge in [0.15, 0.2) is 0 Å². The minimum absolute atomic E-state index is 0.0662. The Kier molecular flexibility index (Phi) is 5.89. The standard InChI is InChI=1S/C25H36N2/c1-18(26-21-16-12-10-14-19(21)23(2,3)4)25(8,9)27-22-17-13-11-15-20(22)24(5,6)7/h10-17,27H,1-9H3/b26-18+. The van der Waals surface area contributed by atoms with E-state index < -0.39 is 0 Å². The number of hydrogen-bond donors (Lipinski definition) is 1. The van der Waals surface area contributed by atoms with E-state index >= 15 is 0 Å². The lowest BCUT2D eigenvalue weighted by Crippen LogP contribution is -2.39. The summed E-state index contributed by atoms with van der Waals surface area (Å²) < 4.78 is 0. The summed E-state index contributed by atoms with van der Waals surface area (Å²) in [6.07, 6.45) is 0. The molecular weight excluding hydrogens is 328 g/mol. The molecule has 0 unspecified atom stereocenters. The Morgan fingerprint density at radius 3 is 1.74 bits per heavy atom. The maximum atomic E-state index is 5.04. The van der Waals surface area contributed by atoms with Crippen LogP contribution in [0.2, 0.25) is 0 Å². The number of rotatable bonds is 4. The van der Waals surface area contributed by atoms with Gasteiger partial charge in [0.1, 0.15) is 0 Å². The SMILES string of the molecule is C/C(=N\c1ccccc1C(C)(C)C)C(C)(C)Nc1ccccc1C(C)(C)C. The minimum Gasteiger partial charge on any atom is -0.375 e. The summed E-state index contributed by atoms with van der Waals surface area (Å²) in [5.74, 6) is 0. The average molecular weight is 365 g/mol. The largest absolute Gasteiger partial charge is 0.375 e. The second kappa shape index (κ2) is 7.50. The van der Waals surface area contributed by atoms with Crippen LogP contribution in [0.15, 0.2) is 53.5 Å². The predicted octanol–water partition coefficient (Wildman–Crippen LogP) is 7.26. The third-order valence-electron chi connectivity index (χ3n) is 5.09. The fraction of sp³-hybridized carbons (Fsp3) is 0.480. The van der Waals surface area contributed by atoms with Crippen molar-refractivity contribution in [3.8, 4) is 0 Å². The Labute approximate surface area is 166 Å². The van der Waals surface area contributed by atoms with Crippen LogP contribution in [-0.2, 0) is 10.8 Å². The van der Waals surface area contributed by atoms with E-state index in [0.29, 0.717) is 0 Å². The van der Waals surface area contributed by atoms with Gasteiger partial charge in [-0.25, -0.2) is 0 Å². The molecule has 0 saturated carbocycles. The summed E-state index contributed by atoms with van der Waals surface area (Å²) in [5.41, 5.74) is 5.79. The lowest BCUT2D eigenvalue weighted by Gasteiger charge is -2.32. The van der Waals surface area contributed by atoms with Crippen LogP contribution in [-0.4, -0.2) is 11.3 Å². The predicted molar refractivity (Wildman–Crippen MR) is 121 cm³/mol. The van der Waals surface area contributed by atoms with Gasteiger partial charge >= 0.3 is 0 Å². The molecule has 146 valence electrons. The molecule has 0 radical (unpaired) electrons. The van der Waals surface area contributed by atoms with Crippen LogP contribution >= 0.6 is 0 Å². The highest BCUT2D eigenvalue weighted by Crippen LogP contribution is 2.34. The van der Waals surface area contributed by atoms with Crippen LogP contribution in [0.25, 0.3) is 0 Å². The fourth-order valence-corrected chi connectivity index (χ4v) is 3.20. The van der Waals surface area contributed by atoms with Crippen LogP contribution in [0.4, 0.5) is 11.4 Å². The second-order valence-electron chi connectivity index (χ2n) is 10.0. The van der Waals surface area contributed by atoms with Crippen LogP contribution in [0, 0.1) is 0 Å². The maximum Gasteiger partial charge on any atom is 0.0697 e. The van der Waals surface area contributed by atoms with Crippen molar-refractivity contribution in [2.45, 2.75) is 78.7 Å². The molecule has 1 N–H and O–H groups in total. The lowest BCUT2D eigenvalue weighted by atomic mass is 9.84. The monoisotopic (exact) mass is 364 g/mol. The van der Waals surface area contributed by atoms with E-state index in [4.69, 9.17) is 4.99 Å². The number of benzene rings is 2. The number of anilines is 1. The molecule has 27 heavy (non-hydrogen) atoms. The Morgan fingerprint density at radius 2 is 1.19 bits per heavy atom. The summed E-state index contributed by atoms with van der Waals surface area (Å²) in [6.45, 7) is 20.0. The summed E-state index contributed by atoms with van der Waals surface area (Å²) in [5, 5.41) is 3.74. The average Bonchev–Trinajstić information content (AvgIpc) is 2.53. The van der Waals surface area contributed by atoms with Crippen molar-refractivity contribution in [1.29, 1.82) is 0 Å². The molecule has 0 aromatic heterocycles. The Hall–Kier alpha value is -2.09. The van der Waals surface area contributed by atoms with E-state index in [1.165, 1.54) is 16.8 Å². The number of aliphatic imine (C=N–C) groups is 1. The van der Waals surface area contributed by atoms with Crippen molar-refractivity contribution in [1.82, 2.24) is 0 Å². The molecule has 2 nitrogen and oxygen atoms in total. The molecule has 2 rings (SSSR count). The molecule has 0 fully saturated rings. The normalized spacial score (nSPS) is 13.6. The van der Waals surface area contributed by atoms with Crippen molar-refractivity contribution in [3.05, 3.63) is 59.7 Å². The molecule has 0 spiro atoms. The van der Waals surface area contributed by atoms with Crippen LogP contribution in [0.3, 0.4) is 0 Å². The van der Waals surface area contributed by atoms with E-state index in [9.17, 15) is 0 Å². The van der Waals surface area contributed by atoms with Crippen LogP contribution < -0.4 is 5.32 Å². The zero-order valence-corrected chi connectivity index (χ0v) is 18.6. The number of para-hydroxylation sites is 2. The van der Waals surface area contributed by atoms with Crippen molar-refractivity contribution < 1.29 is 0 Å². The third-order valence-corrected chi connectivity index (χ3v) is 5.09. The Balaban J connectivity index is 2.40. The first-order valence-corrected chi connectivity index (χ1v) is 9.85. The molecule has 0 amide bonds. The molecular formula is C25H36N2. The first-order chi connectivity index (χ1) is 12.3. The summed E-state index contributed by atoms with van der Waals surface area (Å²) in [7, 11) is 0. The van der Waals surface area contributed by atoms with E-state index in [2.05, 4.69) is 116 Å². The van der Waals surface area contributed by atoms with Gasteiger partial charge in [0.05, 0.1) is 11.2 Å². The van der Waals surface area contributed by atoms with Crippen molar-refractivity contribution in [2.24, 2.45) is 4.99 Å². The smallest absolute Gasteiger partial charge is 0.0697 e. The van der Waals surface area contributed by atoms with Gasteiger partial charge in [0.25, 0.3) is 0 Å². The van der Waals surface area contributed by atoms with E-state index in [1.807, 2.05) is 0 Å². The van der Waals surface area contributed by atoms with E-state index in [0.717, 1.165) is 11.4 Å². The van der Waals surface area contributed by atoms with Gasteiger partial charge in [-0.15, -0.1) is 0 Å². The highest BCUT2D eigenvalue weighted by molar-refractivity contribution is 5.95. The molecule has 0 heterocycles. The first kappa shape index (κ1) is 21.2. The zero-order chi connectivity index (χ0) is 20.5. The topological polar surface area (TPSA) is 24.4 Å². The fourth-order valence-electron chi connectivity index (χ4n) is 3.20. The van der Waals surface area contributed by atoms with Gasteiger partial charge in [-0.05, 0) is 54.9 Å². The first-order valence-electron chi connectivity index (χ1n) is 9.85. The summed E-state index contributed by atoms with van der Waals surface area (Å²) in [6, 6.07) is 17.0. The van der Waals surface area contributed by atoms with Crippen molar-refractivity contribution in [3.63, 3.8) is 0 Å². The molecule has 0 atom stereocenters. The van der Waals surface area contributed by atoms with Gasteiger partial charge < -0.3 is 5.32 Å². The summed E-state index contributed by atoms with van der Waals surface area (Å²) >= 11 is 0. The molecule has 2 heteroatoms. The molecule has 0 aliphatic rings. The van der Waals surface area contributed by atoms with Gasteiger partial charge in [-0.3, -0.25) is 4.99 Å². The molecule has 0 saturated heterocycles. The van der Waals surface area contributed by atoms with Crippen LogP contribution in [0.1, 0.15) is 73.4 Å². The quantitative estimate of drug-likeness (QED) is 0.567. The minimum atomic E-state index is -0.258. The lowest BCUT2D eigenvalue weighted by molar-refractivity contribution is 0.588. The van der Waals surface area contributed by atoms with Gasteiger partial charge in [0.2, 0.25) is 0 Å². The number of nitrogens with one attached hydrogen (secondary N) is 1. The van der Waals surface area contributed by atoms with Crippen molar-refractivity contribution in [2.75, 3.05) is 5.32 Å². The van der Waals surface area contributed by atoms with E-state index in [-0.39, 0.29) is 16.4 Å². The van der Waals surface area contributed by atoms with Crippen molar-refractivity contribution >= 4 is 17.1 Å². The Bertz CT molecular complexity index is 815. The molecule has 0 bridgehead atoms.